The van der Waals surface area contributed by atoms with Crippen molar-refractivity contribution >= 4 is 28.2 Å². The molecule has 5 aromatic rings. The molecule has 238 valence electrons. The summed E-state index contributed by atoms with van der Waals surface area (Å²) in [5.74, 6) is 2.75. The minimum absolute atomic E-state index is 0. The van der Waals surface area contributed by atoms with Crippen LogP contribution in [0.4, 0.5) is 5.82 Å². The molecule has 3 aromatic carbocycles. The van der Waals surface area contributed by atoms with E-state index in [0.717, 1.165) is 52.1 Å². The second-order valence-corrected chi connectivity index (χ2v) is 11.4. The van der Waals surface area contributed by atoms with Crippen molar-refractivity contribution in [3.8, 4) is 34.3 Å². The van der Waals surface area contributed by atoms with E-state index in [2.05, 4.69) is 44.9 Å². The van der Waals surface area contributed by atoms with E-state index < -0.39 is 4.92 Å². The molecule has 46 heavy (non-hydrogen) atoms. The molecule has 2 aliphatic heterocycles. The number of aromatic nitrogens is 3. The van der Waals surface area contributed by atoms with Gasteiger partial charge in [-0.3, -0.25) is 4.90 Å². The first-order valence-corrected chi connectivity index (χ1v) is 15.1. The highest BCUT2D eigenvalue weighted by Crippen LogP contribution is 2.41. The first-order valence-electron chi connectivity index (χ1n) is 14.7. The first kappa shape index (κ1) is 31.4. The van der Waals surface area contributed by atoms with Crippen LogP contribution in [-0.4, -0.2) is 53.0 Å². The highest BCUT2D eigenvalue weighted by molar-refractivity contribution is 6.31. The van der Waals surface area contributed by atoms with E-state index in [4.69, 9.17) is 30.5 Å². The number of nitrogens with zero attached hydrogens (tertiary/aromatic N) is 5. The molecular formula is C33H31Cl2N5O6. The Hall–Kier alpha value is -4.58. The van der Waals surface area contributed by atoms with E-state index in [0.29, 0.717) is 49.3 Å². The van der Waals surface area contributed by atoms with Crippen LogP contribution in [0.3, 0.4) is 0 Å². The van der Waals surface area contributed by atoms with E-state index >= 15 is 0 Å². The van der Waals surface area contributed by atoms with Crippen LogP contribution in [0.2, 0.25) is 5.02 Å². The maximum atomic E-state index is 11.1. The minimum atomic E-state index is -0.493. The second kappa shape index (κ2) is 13.4. The first-order chi connectivity index (χ1) is 22.0. The van der Waals surface area contributed by atoms with Gasteiger partial charge in [0, 0.05) is 43.7 Å². The van der Waals surface area contributed by atoms with Crippen molar-refractivity contribution in [2.75, 3.05) is 33.6 Å². The molecule has 0 saturated carbocycles. The van der Waals surface area contributed by atoms with E-state index in [-0.39, 0.29) is 25.0 Å². The lowest BCUT2D eigenvalue weighted by molar-refractivity contribution is -0.686. The Morgan fingerprint density at radius 2 is 1.96 bits per heavy atom. The average Bonchev–Trinajstić information content (AvgIpc) is 3.72. The van der Waals surface area contributed by atoms with Gasteiger partial charge in [-0.15, -0.1) is 0 Å². The van der Waals surface area contributed by atoms with Gasteiger partial charge < -0.3 is 46.0 Å². The van der Waals surface area contributed by atoms with Crippen LogP contribution in [0.25, 0.3) is 22.0 Å². The number of methoxy groups -OCH3 is 1. The van der Waals surface area contributed by atoms with Gasteiger partial charge in [0.05, 0.1) is 18.1 Å². The van der Waals surface area contributed by atoms with Crippen LogP contribution in [0.15, 0.2) is 73.3 Å². The Morgan fingerprint density at radius 3 is 2.74 bits per heavy atom. The van der Waals surface area contributed by atoms with Crippen LogP contribution >= 0.6 is 11.6 Å². The molecule has 0 bridgehead atoms. The Balaban J connectivity index is 0.00000372. The summed E-state index contributed by atoms with van der Waals surface area (Å²) < 4.78 is 27.5. The number of fused-ring (bicyclic) bond motifs is 5. The fourth-order valence-electron chi connectivity index (χ4n) is 5.94. The number of halogens is 2. The summed E-state index contributed by atoms with van der Waals surface area (Å²) in [6.07, 6.45) is 5.94. The molecule has 0 unspecified atom stereocenters. The molecule has 0 spiro atoms. The van der Waals surface area contributed by atoms with E-state index in [1.54, 1.807) is 11.7 Å². The Morgan fingerprint density at radius 1 is 1.13 bits per heavy atom. The standard InChI is InChI=1S/C33H31ClN5O6.ClH/c1-42-29-7-6-22-14-28-25-16-31-30(44-21-45-31)15-23(25)8-9-38(28)18-26(22)33(29)43-13-12-36(17-24-4-2-3-5-27(24)34)10-11-37-19-32(35-20-37)39(40)41;/h2-7,14-16,18-20H,8-13,17,21H2,1H3;1H/q+1;/p-1. The summed E-state index contributed by atoms with van der Waals surface area (Å²) in [4.78, 5) is 16.7. The number of hydrogen-bond acceptors (Lipinski definition) is 8. The third kappa shape index (κ3) is 6.26. The smallest absolute Gasteiger partial charge is 0.381 e. The SMILES string of the molecule is COc1ccc2cc3[n+](cc2c1OCCN(CCn1cnc([N+](=O)[O-])c1)Cc1ccccc1Cl)CCc1cc2c(cc1-3)OCO2.[Cl-]. The Kier molecular flexibility index (Phi) is 9.16. The monoisotopic (exact) mass is 663 g/mol. The number of imidazole rings is 1. The number of benzene rings is 3. The molecule has 0 atom stereocenters. The fourth-order valence-corrected chi connectivity index (χ4v) is 6.14. The maximum Gasteiger partial charge on any atom is 0.381 e. The molecule has 4 heterocycles. The van der Waals surface area contributed by atoms with Gasteiger partial charge in [0.2, 0.25) is 18.8 Å². The summed E-state index contributed by atoms with van der Waals surface area (Å²) >= 11 is 6.50. The maximum absolute atomic E-state index is 11.1. The molecule has 0 saturated heterocycles. The molecule has 0 radical (unpaired) electrons. The summed E-state index contributed by atoms with van der Waals surface area (Å²) in [5.41, 5.74) is 4.49. The molecule has 7 rings (SSSR count). The Bertz CT molecular complexity index is 1920. The van der Waals surface area contributed by atoms with Gasteiger partial charge in [-0.1, -0.05) is 29.8 Å². The summed E-state index contributed by atoms with van der Waals surface area (Å²) in [5, 5.41) is 13.8. The molecule has 11 nitrogen and oxygen atoms in total. The van der Waals surface area contributed by atoms with Crippen molar-refractivity contribution in [2.24, 2.45) is 0 Å². The number of aryl methyl sites for hydroxylation is 2. The molecule has 2 aromatic heterocycles. The van der Waals surface area contributed by atoms with Crippen molar-refractivity contribution in [2.45, 2.75) is 26.1 Å². The summed E-state index contributed by atoms with van der Waals surface area (Å²) in [6.45, 7) is 3.76. The van der Waals surface area contributed by atoms with Crippen LogP contribution in [-0.2, 0) is 26.1 Å². The number of hydrogen-bond donors (Lipinski definition) is 0. The quantitative estimate of drug-likeness (QED) is 0.121. The number of pyridine rings is 1. The molecule has 0 amide bonds. The van der Waals surface area contributed by atoms with Crippen molar-refractivity contribution in [1.82, 2.24) is 14.5 Å². The minimum Gasteiger partial charge on any atom is -1.00 e. The third-order valence-electron chi connectivity index (χ3n) is 8.28. The number of rotatable bonds is 11. The molecule has 13 heteroatoms. The fraction of sp³-hybridized carbons (Fsp3) is 0.273. The van der Waals surface area contributed by atoms with Crippen molar-refractivity contribution in [3.63, 3.8) is 0 Å². The van der Waals surface area contributed by atoms with E-state index in [1.807, 2.05) is 30.3 Å². The van der Waals surface area contributed by atoms with Crippen molar-refractivity contribution < 1.29 is 40.8 Å². The summed E-state index contributed by atoms with van der Waals surface area (Å²) in [6, 6.07) is 18.1. The van der Waals surface area contributed by atoms with Crippen molar-refractivity contribution in [3.05, 3.63) is 99.6 Å². The van der Waals surface area contributed by atoms with Gasteiger partial charge in [0.15, 0.2) is 35.7 Å². The average molecular weight is 665 g/mol. The largest absolute Gasteiger partial charge is 1.00 e. The van der Waals surface area contributed by atoms with Gasteiger partial charge >= 0.3 is 5.82 Å². The molecular weight excluding hydrogens is 633 g/mol. The zero-order chi connectivity index (χ0) is 30.9. The normalized spacial score (nSPS) is 12.8. The van der Waals surface area contributed by atoms with Crippen LogP contribution in [0, 0.1) is 10.1 Å². The number of nitro groups is 1. The predicted octanol–water partition coefficient (Wildman–Crippen LogP) is 2.43. The van der Waals surface area contributed by atoms with Gasteiger partial charge in [-0.05, 0) is 56.8 Å². The van der Waals surface area contributed by atoms with Crippen LogP contribution in [0.5, 0.6) is 23.0 Å². The van der Waals surface area contributed by atoms with Crippen LogP contribution < -0.4 is 35.9 Å². The lowest BCUT2D eigenvalue weighted by Crippen LogP contribution is -3.00. The number of ether oxygens (including phenoxy) is 4. The van der Waals surface area contributed by atoms with Gasteiger partial charge in [-0.25, -0.2) is 0 Å². The Labute approximate surface area is 276 Å². The second-order valence-electron chi connectivity index (χ2n) is 11.0. The van der Waals surface area contributed by atoms with Gasteiger partial charge in [0.25, 0.3) is 0 Å². The van der Waals surface area contributed by atoms with Gasteiger partial charge in [0.1, 0.15) is 12.8 Å². The van der Waals surface area contributed by atoms with Crippen molar-refractivity contribution in [1.29, 1.82) is 0 Å². The topological polar surface area (TPSA) is 105 Å². The highest BCUT2D eigenvalue weighted by Gasteiger charge is 2.29. The third-order valence-corrected chi connectivity index (χ3v) is 8.65. The van der Waals surface area contributed by atoms with E-state index in [1.165, 1.54) is 18.1 Å². The predicted molar refractivity (Wildman–Crippen MR) is 167 cm³/mol. The molecule has 0 fully saturated rings. The lowest BCUT2D eigenvalue weighted by Gasteiger charge is -2.23. The summed E-state index contributed by atoms with van der Waals surface area (Å²) in [7, 11) is 1.65. The van der Waals surface area contributed by atoms with Crippen LogP contribution in [0.1, 0.15) is 11.1 Å². The highest BCUT2D eigenvalue weighted by atomic mass is 35.5. The zero-order valence-corrected chi connectivity index (χ0v) is 26.5. The zero-order valence-electron chi connectivity index (χ0n) is 25.0. The lowest BCUT2D eigenvalue weighted by atomic mass is 9.95. The molecule has 2 aliphatic rings. The molecule has 0 aliphatic carbocycles. The van der Waals surface area contributed by atoms with Gasteiger partial charge in [-0.2, -0.15) is 4.57 Å². The molecule has 0 N–H and O–H groups in total. The van der Waals surface area contributed by atoms with E-state index in [9.17, 15) is 10.1 Å².